The average molecular weight is 179 g/mol. The third-order valence-corrected chi connectivity index (χ3v) is 1.55. The largest absolute Gasteiger partial charge is 0.468 e. The van der Waals surface area contributed by atoms with E-state index in [2.05, 4.69) is 9.73 Å². The molecule has 1 rings (SSSR count). The van der Waals surface area contributed by atoms with E-state index in [1.54, 1.807) is 0 Å². The predicted molar refractivity (Wildman–Crippen MR) is 43.9 cm³/mol. The van der Waals surface area contributed by atoms with Gasteiger partial charge in [0.05, 0.1) is 7.11 Å². The summed E-state index contributed by atoms with van der Waals surface area (Å²) in [6, 6.07) is 0. The van der Waals surface area contributed by atoms with Crippen molar-refractivity contribution in [1.29, 1.82) is 0 Å². The van der Waals surface area contributed by atoms with Gasteiger partial charge in [0.25, 0.3) is 0 Å². The molecule has 1 aliphatic rings. The van der Waals surface area contributed by atoms with E-state index in [9.17, 15) is 4.79 Å². The number of methoxy groups -OCH3 is 1. The molecule has 64 valence electrons. The number of halogens is 1. The van der Waals surface area contributed by atoms with Crippen molar-refractivity contribution in [3.8, 4) is 0 Å². The molecule has 0 spiro atoms. The monoisotopic (exact) mass is 178 g/mol. The molecule has 0 aromatic carbocycles. The van der Waals surface area contributed by atoms with Crippen LogP contribution in [-0.2, 0) is 9.53 Å². The number of hydrogen-bond acceptors (Lipinski definition) is 4. The Morgan fingerprint density at radius 2 is 2.45 bits per heavy atom. The second kappa shape index (κ2) is 4.18. The van der Waals surface area contributed by atoms with Crippen molar-refractivity contribution in [2.75, 3.05) is 13.7 Å². The van der Waals surface area contributed by atoms with Crippen molar-refractivity contribution >= 4 is 24.2 Å². The molecule has 1 heterocycles. The fraction of sp³-hybridized carbons (Fsp3) is 0.667. The van der Waals surface area contributed by atoms with Gasteiger partial charge in [-0.2, -0.15) is 0 Å². The van der Waals surface area contributed by atoms with Crippen LogP contribution in [0.2, 0.25) is 0 Å². The minimum atomic E-state index is -0.287. The molecule has 0 amide bonds. The van der Waals surface area contributed by atoms with Crippen molar-refractivity contribution < 1.29 is 9.53 Å². The summed E-state index contributed by atoms with van der Waals surface area (Å²) >= 11 is 0. The van der Waals surface area contributed by atoms with Gasteiger partial charge < -0.3 is 10.5 Å². The fourth-order valence-corrected chi connectivity index (χ4v) is 0.962. The Bertz CT molecular complexity index is 181. The summed E-state index contributed by atoms with van der Waals surface area (Å²) in [4.78, 5) is 14.7. The van der Waals surface area contributed by atoms with E-state index in [1.807, 2.05) is 0 Å². The molecule has 0 aromatic rings. The van der Waals surface area contributed by atoms with Crippen LogP contribution in [0.15, 0.2) is 4.99 Å². The van der Waals surface area contributed by atoms with Crippen molar-refractivity contribution in [3.63, 3.8) is 0 Å². The predicted octanol–water partition coefficient (Wildman–Crippen LogP) is -0.0417. The molecule has 0 saturated carbocycles. The summed E-state index contributed by atoms with van der Waals surface area (Å²) < 4.78 is 4.50. The van der Waals surface area contributed by atoms with Crippen LogP contribution >= 0.6 is 12.4 Å². The van der Waals surface area contributed by atoms with E-state index in [0.29, 0.717) is 18.8 Å². The van der Waals surface area contributed by atoms with E-state index < -0.39 is 0 Å². The minimum Gasteiger partial charge on any atom is -0.468 e. The smallest absolute Gasteiger partial charge is 0.316 e. The first-order valence-corrected chi connectivity index (χ1v) is 3.13. The second-order valence-corrected chi connectivity index (χ2v) is 2.17. The molecular formula is C6H11ClN2O2. The molecule has 0 fully saturated rings. The van der Waals surface area contributed by atoms with E-state index in [1.165, 1.54) is 7.11 Å². The number of esters is 1. The molecule has 0 aliphatic carbocycles. The Labute approximate surface area is 71.2 Å². The molecule has 5 heteroatoms. The summed E-state index contributed by atoms with van der Waals surface area (Å²) in [6.07, 6.45) is 0.693. The first kappa shape index (κ1) is 10.2. The van der Waals surface area contributed by atoms with Crippen LogP contribution < -0.4 is 5.73 Å². The highest BCUT2D eigenvalue weighted by Crippen LogP contribution is 2.11. The average Bonchev–Trinajstić information content (AvgIpc) is 2.34. The minimum absolute atomic E-state index is 0. The highest BCUT2D eigenvalue weighted by atomic mass is 35.5. The highest BCUT2D eigenvalue weighted by molar-refractivity contribution is 6.01. The molecule has 2 N–H and O–H groups in total. The summed E-state index contributed by atoms with van der Waals surface area (Å²) in [6.45, 7) is 0.644. The van der Waals surface area contributed by atoms with E-state index in [4.69, 9.17) is 5.73 Å². The van der Waals surface area contributed by atoms with Gasteiger partial charge in [0.2, 0.25) is 0 Å². The molecule has 0 bridgehead atoms. The maximum atomic E-state index is 10.8. The fourth-order valence-electron chi connectivity index (χ4n) is 0.962. The Hall–Kier alpha value is -0.770. The van der Waals surface area contributed by atoms with Gasteiger partial charge in [-0.15, -0.1) is 12.4 Å². The number of nitrogens with two attached hydrogens (primary N) is 1. The molecule has 0 aromatic heterocycles. The summed E-state index contributed by atoms with van der Waals surface area (Å²) in [7, 11) is 1.36. The van der Waals surface area contributed by atoms with Gasteiger partial charge in [-0.3, -0.25) is 9.79 Å². The van der Waals surface area contributed by atoms with Crippen molar-refractivity contribution in [2.45, 2.75) is 6.42 Å². The van der Waals surface area contributed by atoms with Gasteiger partial charge >= 0.3 is 5.97 Å². The normalized spacial score (nSPS) is 21.9. The summed E-state index contributed by atoms with van der Waals surface area (Å²) in [5.74, 6) is -0.157. The van der Waals surface area contributed by atoms with Crippen LogP contribution in [0.4, 0.5) is 0 Å². The first-order valence-electron chi connectivity index (χ1n) is 3.13. The standard InChI is InChI=1S/C6H10N2O2.ClH/c1-10-6(9)4-2-3-8-5(4)7;/h4H,2-3H2,1H3,(H2,7,8);1H. The van der Waals surface area contributed by atoms with Crippen LogP contribution in [0, 0.1) is 5.92 Å². The number of carbonyl (C=O) groups is 1. The highest BCUT2D eigenvalue weighted by Gasteiger charge is 2.26. The second-order valence-electron chi connectivity index (χ2n) is 2.17. The number of ether oxygens (including phenoxy) is 1. The summed E-state index contributed by atoms with van der Waals surface area (Å²) in [5, 5.41) is 0. The number of carbonyl (C=O) groups excluding carboxylic acids is 1. The number of amidine groups is 1. The Balaban J connectivity index is 0.000001000. The summed E-state index contributed by atoms with van der Waals surface area (Å²) in [5.41, 5.74) is 5.40. The molecular weight excluding hydrogens is 168 g/mol. The van der Waals surface area contributed by atoms with Crippen molar-refractivity contribution in [2.24, 2.45) is 16.6 Å². The molecule has 4 nitrogen and oxygen atoms in total. The zero-order chi connectivity index (χ0) is 7.56. The zero-order valence-electron chi connectivity index (χ0n) is 6.24. The van der Waals surface area contributed by atoms with Crippen molar-refractivity contribution in [3.05, 3.63) is 0 Å². The topological polar surface area (TPSA) is 64.7 Å². The molecule has 1 atom stereocenters. The SMILES string of the molecule is COC(=O)C1CCN=C1N.Cl. The number of rotatable bonds is 1. The van der Waals surface area contributed by atoms with Gasteiger partial charge in [0.1, 0.15) is 11.8 Å². The van der Waals surface area contributed by atoms with Crippen LogP contribution in [-0.4, -0.2) is 25.5 Å². The number of aliphatic imine (C=N–C) groups is 1. The lowest BCUT2D eigenvalue weighted by molar-refractivity contribution is -0.142. The maximum Gasteiger partial charge on any atom is 0.316 e. The lowest BCUT2D eigenvalue weighted by Gasteiger charge is -2.04. The molecule has 1 aliphatic heterocycles. The van der Waals surface area contributed by atoms with E-state index >= 15 is 0 Å². The van der Waals surface area contributed by atoms with Gasteiger partial charge in [0, 0.05) is 6.54 Å². The molecule has 0 saturated heterocycles. The first-order chi connectivity index (χ1) is 4.75. The lowest BCUT2D eigenvalue weighted by atomic mass is 10.1. The van der Waals surface area contributed by atoms with Crippen molar-refractivity contribution in [1.82, 2.24) is 0 Å². The number of hydrogen-bond donors (Lipinski definition) is 1. The third-order valence-electron chi connectivity index (χ3n) is 1.55. The Morgan fingerprint density at radius 3 is 2.82 bits per heavy atom. The van der Waals surface area contributed by atoms with E-state index in [0.717, 1.165) is 0 Å². The third kappa shape index (κ3) is 2.08. The van der Waals surface area contributed by atoms with Gasteiger partial charge in [-0.25, -0.2) is 0 Å². The maximum absolute atomic E-state index is 10.8. The van der Waals surface area contributed by atoms with Crippen LogP contribution in [0.25, 0.3) is 0 Å². The van der Waals surface area contributed by atoms with Crippen LogP contribution in [0.1, 0.15) is 6.42 Å². The quantitative estimate of drug-likeness (QED) is 0.573. The van der Waals surface area contributed by atoms with Crippen LogP contribution in [0.3, 0.4) is 0 Å². The molecule has 1 unspecified atom stereocenters. The lowest BCUT2D eigenvalue weighted by Crippen LogP contribution is -2.27. The van der Waals surface area contributed by atoms with Gasteiger partial charge in [0.15, 0.2) is 0 Å². The molecule has 11 heavy (non-hydrogen) atoms. The Kier molecular flexibility index (Phi) is 3.89. The van der Waals surface area contributed by atoms with E-state index in [-0.39, 0.29) is 24.3 Å². The van der Waals surface area contributed by atoms with Gasteiger partial charge in [-0.05, 0) is 6.42 Å². The Morgan fingerprint density at radius 1 is 1.82 bits per heavy atom. The number of nitrogens with zero attached hydrogens (tertiary/aromatic N) is 1. The van der Waals surface area contributed by atoms with Crippen LogP contribution in [0.5, 0.6) is 0 Å². The molecule has 0 radical (unpaired) electrons. The zero-order valence-corrected chi connectivity index (χ0v) is 7.06. The van der Waals surface area contributed by atoms with Gasteiger partial charge in [-0.1, -0.05) is 0 Å².